The van der Waals surface area contributed by atoms with Gasteiger partial charge in [0.1, 0.15) is 0 Å². The van der Waals surface area contributed by atoms with E-state index >= 15 is 0 Å². The Labute approximate surface area is 97.8 Å². The minimum atomic E-state index is 0.150. The molecule has 0 aromatic heterocycles. The minimum absolute atomic E-state index is 0.150. The van der Waals surface area contributed by atoms with Gasteiger partial charge >= 0.3 is 0 Å². The van der Waals surface area contributed by atoms with Crippen LogP contribution < -0.4 is 0 Å². The number of carbonyl (C=O) groups is 1. The summed E-state index contributed by atoms with van der Waals surface area (Å²) < 4.78 is 0. The third-order valence-electron chi connectivity index (χ3n) is 2.56. The van der Waals surface area contributed by atoms with Crippen LogP contribution in [0.1, 0.15) is 6.42 Å². The predicted molar refractivity (Wildman–Crippen MR) is 66.2 cm³/mol. The second kappa shape index (κ2) is 3.76. The van der Waals surface area contributed by atoms with E-state index in [1.807, 2.05) is 29.7 Å². The van der Waals surface area contributed by atoms with Gasteiger partial charge in [0.05, 0.1) is 11.4 Å². The number of allylic oxidation sites excluding steroid dienone is 3. The molecule has 1 aliphatic carbocycles. The highest BCUT2D eigenvalue weighted by molar-refractivity contribution is 8.02. The molecular weight excluding hydrogens is 218 g/mol. The largest absolute Gasteiger partial charge is 0.294 e. The lowest BCUT2D eigenvalue weighted by Crippen LogP contribution is -2.09. The van der Waals surface area contributed by atoms with E-state index in [0.717, 1.165) is 21.9 Å². The number of hydrogen-bond donors (Lipinski definition) is 0. The molecule has 78 valence electrons. The third kappa shape index (κ3) is 1.63. The Hall–Kier alpha value is -1.61. The molecule has 0 fully saturated rings. The second-order valence-corrected chi connectivity index (χ2v) is 4.61. The number of nitrogens with zero attached hydrogens (tertiary/aromatic N) is 1. The lowest BCUT2D eigenvalue weighted by molar-refractivity contribution is -0.114. The van der Waals surface area contributed by atoms with Gasteiger partial charge in [-0.2, -0.15) is 0 Å². The van der Waals surface area contributed by atoms with Crippen molar-refractivity contribution >= 4 is 28.9 Å². The highest BCUT2D eigenvalue weighted by Gasteiger charge is 2.17. The fourth-order valence-electron chi connectivity index (χ4n) is 1.74. The average molecular weight is 227 g/mol. The van der Waals surface area contributed by atoms with Crippen molar-refractivity contribution in [2.24, 2.45) is 4.99 Å². The first kappa shape index (κ1) is 9.60. The van der Waals surface area contributed by atoms with Crippen LogP contribution in [0, 0.1) is 0 Å². The first-order chi connectivity index (χ1) is 7.83. The van der Waals surface area contributed by atoms with Gasteiger partial charge in [0.15, 0.2) is 5.78 Å². The number of rotatable bonds is 0. The maximum absolute atomic E-state index is 11.3. The molecule has 0 bridgehead atoms. The van der Waals surface area contributed by atoms with E-state index in [2.05, 4.69) is 4.99 Å². The molecule has 1 aromatic rings. The molecule has 0 saturated carbocycles. The molecule has 2 nitrogen and oxygen atoms in total. The first-order valence-electron chi connectivity index (χ1n) is 5.07. The molecule has 0 radical (unpaired) electrons. The Kier molecular flexibility index (Phi) is 2.26. The number of carbonyl (C=O) groups excluding carboxylic acids is 1. The summed E-state index contributed by atoms with van der Waals surface area (Å²) in [6.45, 7) is 0. The Morgan fingerprint density at radius 2 is 2.06 bits per heavy atom. The molecule has 1 aliphatic heterocycles. The molecule has 3 rings (SSSR count). The molecule has 0 amide bonds. The molecule has 0 spiro atoms. The highest BCUT2D eigenvalue weighted by atomic mass is 32.2. The molecule has 1 aromatic carbocycles. The standard InChI is InChI=1S/C13H9NOS/c15-10-5-6-11-9(7-10)8-16-13-4-2-1-3-12(13)14-11/h1-6,8H,7H2. The fraction of sp³-hybridized carbons (Fsp3) is 0.0769. The van der Waals surface area contributed by atoms with Gasteiger partial charge in [-0.25, -0.2) is 4.99 Å². The Morgan fingerprint density at radius 3 is 3.00 bits per heavy atom. The highest BCUT2D eigenvalue weighted by Crippen LogP contribution is 2.35. The van der Waals surface area contributed by atoms with Crippen LogP contribution in [0.15, 0.2) is 57.3 Å². The van der Waals surface area contributed by atoms with Gasteiger partial charge < -0.3 is 0 Å². The van der Waals surface area contributed by atoms with Crippen molar-refractivity contribution in [1.82, 2.24) is 0 Å². The number of ketones is 1. The summed E-state index contributed by atoms with van der Waals surface area (Å²) in [5.74, 6) is 0.150. The number of para-hydroxylation sites is 1. The molecule has 0 atom stereocenters. The zero-order valence-electron chi connectivity index (χ0n) is 8.51. The van der Waals surface area contributed by atoms with Crippen molar-refractivity contribution < 1.29 is 4.79 Å². The summed E-state index contributed by atoms with van der Waals surface area (Å²) in [6.07, 6.45) is 3.88. The molecule has 2 aliphatic rings. The second-order valence-electron chi connectivity index (χ2n) is 3.70. The minimum Gasteiger partial charge on any atom is -0.294 e. The van der Waals surface area contributed by atoms with Crippen molar-refractivity contribution in [2.45, 2.75) is 11.3 Å². The zero-order chi connectivity index (χ0) is 11.0. The fourth-order valence-corrected chi connectivity index (χ4v) is 2.61. The average Bonchev–Trinajstić information content (AvgIpc) is 2.48. The summed E-state index contributed by atoms with van der Waals surface area (Å²) >= 11 is 1.63. The summed E-state index contributed by atoms with van der Waals surface area (Å²) in [5.41, 5.74) is 2.92. The van der Waals surface area contributed by atoms with E-state index in [1.165, 1.54) is 0 Å². The monoisotopic (exact) mass is 227 g/mol. The first-order valence-corrected chi connectivity index (χ1v) is 5.95. The topological polar surface area (TPSA) is 29.4 Å². The maximum Gasteiger partial charge on any atom is 0.160 e. The SMILES string of the molecule is O=C1C=CC2=Nc3ccccc3SC=C2C1. The van der Waals surface area contributed by atoms with E-state index in [9.17, 15) is 4.79 Å². The van der Waals surface area contributed by atoms with Crippen molar-refractivity contribution in [2.75, 3.05) is 0 Å². The molecule has 3 heteroatoms. The van der Waals surface area contributed by atoms with Gasteiger partial charge in [-0.1, -0.05) is 23.9 Å². The summed E-state index contributed by atoms with van der Waals surface area (Å²) in [4.78, 5) is 17.0. The molecule has 16 heavy (non-hydrogen) atoms. The molecule has 1 heterocycles. The van der Waals surface area contributed by atoms with Crippen LogP contribution in [-0.4, -0.2) is 11.5 Å². The van der Waals surface area contributed by atoms with E-state index in [-0.39, 0.29) is 5.78 Å². The number of aliphatic imine (C=N–C) groups is 1. The van der Waals surface area contributed by atoms with Gasteiger partial charge in [0, 0.05) is 11.3 Å². The molecular formula is C13H9NOS. The van der Waals surface area contributed by atoms with E-state index in [4.69, 9.17) is 0 Å². The maximum atomic E-state index is 11.3. The molecule has 0 saturated heterocycles. The Morgan fingerprint density at radius 1 is 1.19 bits per heavy atom. The van der Waals surface area contributed by atoms with Gasteiger partial charge in [-0.15, -0.1) is 0 Å². The number of thioether (sulfide) groups is 1. The van der Waals surface area contributed by atoms with Crippen LogP contribution in [0.25, 0.3) is 0 Å². The molecule has 0 N–H and O–H groups in total. The summed E-state index contributed by atoms with van der Waals surface area (Å²) in [7, 11) is 0. The van der Waals surface area contributed by atoms with Crippen molar-refractivity contribution in [1.29, 1.82) is 0 Å². The van der Waals surface area contributed by atoms with Gasteiger partial charge in [0.2, 0.25) is 0 Å². The van der Waals surface area contributed by atoms with Crippen LogP contribution in [0.5, 0.6) is 0 Å². The van der Waals surface area contributed by atoms with Crippen LogP contribution in [0.3, 0.4) is 0 Å². The van der Waals surface area contributed by atoms with Crippen molar-refractivity contribution in [3.8, 4) is 0 Å². The number of hydrogen-bond acceptors (Lipinski definition) is 3. The lowest BCUT2D eigenvalue weighted by atomic mass is 9.99. The Balaban J connectivity index is 2.14. The van der Waals surface area contributed by atoms with E-state index < -0.39 is 0 Å². The van der Waals surface area contributed by atoms with Crippen LogP contribution in [0.2, 0.25) is 0 Å². The van der Waals surface area contributed by atoms with Crippen LogP contribution >= 0.6 is 11.8 Å². The van der Waals surface area contributed by atoms with Crippen LogP contribution in [-0.2, 0) is 4.79 Å². The third-order valence-corrected chi connectivity index (χ3v) is 3.56. The van der Waals surface area contributed by atoms with Gasteiger partial charge in [-0.05, 0) is 35.3 Å². The van der Waals surface area contributed by atoms with Crippen molar-refractivity contribution in [3.63, 3.8) is 0 Å². The predicted octanol–water partition coefficient (Wildman–Crippen LogP) is 3.28. The van der Waals surface area contributed by atoms with Crippen molar-refractivity contribution in [3.05, 3.63) is 47.4 Å². The molecule has 0 unspecified atom stereocenters. The Bertz CT molecular complexity index is 555. The van der Waals surface area contributed by atoms with Crippen LogP contribution in [0.4, 0.5) is 5.69 Å². The summed E-state index contributed by atoms with van der Waals surface area (Å²) in [5, 5.41) is 2.03. The lowest BCUT2D eigenvalue weighted by Gasteiger charge is -2.08. The van der Waals surface area contributed by atoms with E-state index in [0.29, 0.717) is 6.42 Å². The number of benzene rings is 1. The number of fused-ring (bicyclic) bond motifs is 2. The van der Waals surface area contributed by atoms with Gasteiger partial charge in [0.25, 0.3) is 0 Å². The summed E-state index contributed by atoms with van der Waals surface area (Å²) in [6, 6.07) is 8.02. The normalized spacial score (nSPS) is 18.1. The zero-order valence-corrected chi connectivity index (χ0v) is 9.33. The van der Waals surface area contributed by atoms with Gasteiger partial charge in [-0.3, -0.25) is 4.79 Å². The quantitative estimate of drug-likeness (QED) is 0.680. The van der Waals surface area contributed by atoms with E-state index in [1.54, 1.807) is 23.9 Å². The smallest absolute Gasteiger partial charge is 0.160 e.